The molecule has 0 aromatic carbocycles. The first-order valence-corrected chi connectivity index (χ1v) is 5.86. The highest BCUT2D eigenvalue weighted by atomic mass is 32.2. The summed E-state index contributed by atoms with van der Waals surface area (Å²) in [6.45, 7) is 5.29. The summed E-state index contributed by atoms with van der Waals surface area (Å²) in [5, 5.41) is 0. The van der Waals surface area contributed by atoms with Crippen molar-refractivity contribution in [2.24, 2.45) is 5.92 Å². The van der Waals surface area contributed by atoms with E-state index in [-0.39, 0.29) is 0 Å². The van der Waals surface area contributed by atoms with Gasteiger partial charge in [-0.1, -0.05) is 18.3 Å². The van der Waals surface area contributed by atoms with Crippen LogP contribution in [0.25, 0.3) is 0 Å². The number of hydrogen-bond acceptors (Lipinski definition) is 3. The van der Waals surface area contributed by atoms with Crippen LogP contribution >= 0.6 is 0 Å². The Balaban J connectivity index is 2.45. The summed E-state index contributed by atoms with van der Waals surface area (Å²) < 4.78 is 26.4. The van der Waals surface area contributed by atoms with Gasteiger partial charge in [0.25, 0.3) is 0 Å². The van der Waals surface area contributed by atoms with E-state index in [9.17, 15) is 8.42 Å². The van der Waals surface area contributed by atoms with Gasteiger partial charge in [0.15, 0.2) is 0 Å². The Kier molecular flexibility index (Phi) is 3.66. The van der Waals surface area contributed by atoms with Crippen molar-refractivity contribution >= 4 is 10.2 Å². The van der Waals surface area contributed by atoms with Gasteiger partial charge in [-0.3, -0.25) is 4.84 Å². The minimum atomic E-state index is -3.39. The first kappa shape index (κ1) is 10.9. The van der Waals surface area contributed by atoms with E-state index in [0.29, 0.717) is 25.6 Å². The van der Waals surface area contributed by atoms with Gasteiger partial charge in [-0.15, -0.1) is 0 Å². The van der Waals surface area contributed by atoms with Crippen LogP contribution in [0.3, 0.4) is 0 Å². The Labute approximate surface area is 79.2 Å². The van der Waals surface area contributed by atoms with Crippen LogP contribution in [0.1, 0.15) is 20.3 Å². The molecule has 0 spiro atoms. The largest absolute Gasteiger partial charge is 0.301 e. The van der Waals surface area contributed by atoms with E-state index in [4.69, 9.17) is 4.84 Å². The highest BCUT2D eigenvalue weighted by Gasteiger charge is 2.26. The lowest BCUT2D eigenvalue weighted by atomic mass is 10.2. The maximum Gasteiger partial charge on any atom is 0.301 e. The number of nitrogens with zero attached hydrogens (tertiary/aromatic N) is 1. The van der Waals surface area contributed by atoms with Gasteiger partial charge in [-0.25, -0.2) is 4.72 Å². The monoisotopic (exact) mass is 208 g/mol. The fourth-order valence-corrected chi connectivity index (χ4v) is 2.23. The van der Waals surface area contributed by atoms with Gasteiger partial charge < -0.3 is 0 Å². The van der Waals surface area contributed by atoms with Gasteiger partial charge in [0.2, 0.25) is 0 Å². The molecule has 0 aromatic rings. The average Bonchev–Trinajstić information content (AvgIpc) is 2.53. The highest BCUT2D eigenvalue weighted by molar-refractivity contribution is 7.87. The van der Waals surface area contributed by atoms with Gasteiger partial charge in [-0.2, -0.15) is 8.42 Å². The third-order valence-electron chi connectivity index (χ3n) is 1.66. The van der Waals surface area contributed by atoms with Gasteiger partial charge in [0, 0.05) is 13.1 Å². The molecule has 0 radical (unpaired) electrons. The van der Waals surface area contributed by atoms with Crippen molar-refractivity contribution in [3.05, 3.63) is 0 Å². The minimum Gasteiger partial charge on any atom is -0.283 e. The zero-order valence-corrected chi connectivity index (χ0v) is 8.80. The van der Waals surface area contributed by atoms with E-state index < -0.39 is 10.2 Å². The maximum absolute atomic E-state index is 11.4. The Hall–Kier alpha value is -0.170. The number of nitrogens with one attached hydrogen (secondary N) is 1. The van der Waals surface area contributed by atoms with Crippen molar-refractivity contribution in [1.82, 2.24) is 9.19 Å². The maximum atomic E-state index is 11.4. The molecule has 0 bridgehead atoms. The lowest BCUT2D eigenvalue weighted by molar-refractivity contribution is -0.0297. The Bertz CT molecular complexity index is 244. The van der Waals surface area contributed by atoms with Gasteiger partial charge in [0.05, 0.1) is 6.61 Å². The molecule has 1 N–H and O–H groups in total. The molecule has 0 aromatic heterocycles. The molecule has 0 unspecified atom stereocenters. The molecule has 5 nitrogen and oxygen atoms in total. The van der Waals surface area contributed by atoms with Gasteiger partial charge in [0.1, 0.15) is 0 Å². The molecule has 1 fully saturated rings. The summed E-state index contributed by atoms with van der Waals surface area (Å²) in [5.74, 6) is 0.303. The Morgan fingerprint density at radius 1 is 1.54 bits per heavy atom. The summed E-state index contributed by atoms with van der Waals surface area (Å²) >= 11 is 0. The number of hydrogen-bond donors (Lipinski definition) is 1. The average molecular weight is 208 g/mol. The van der Waals surface area contributed by atoms with Crippen LogP contribution in [-0.4, -0.2) is 32.6 Å². The standard InChI is InChI=1S/C7H16N2O3S/c1-7(2)6-8-13(10,11)9-4-3-5-12-9/h7-8H,3-6H2,1-2H3. The molecule has 1 saturated heterocycles. The molecule has 0 saturated carbocycles. The predicted octanol–water partition coefficient (Wildman–Crippen LogP) is 0.114. The van der Waals surface area contributed by atoms with E-state index in [2.05, 4.69) is 4.72 Å². The normalized spacial score (nSPS) is 19.9. The first-order chi connectivity index (χ1) is 6.02. The van der Waals surface area contributed by atoms with Crippen molar-refractivity contribution in [3.63, 3.8) is 0 Å². The van der Waals surface area contributed by atoms with E-state index in [0.717, 1.165) is 10.9 Å². The molecule has 1 aliphatic heterocycles. The van der Waals surface area contributed by atoms with Gasteiger partial charge in [-0.05, 0) is 12.3 Å². The molecular weight excluding hydrogens is 192 g/mol. The van der Waals surface area contributed by atoms with Crippen LogP contribution in [0, 0.1) is 5.92 Å². The SMILES string of the molecule is CC(C)CNS(=O)(=O)N1CCCO1. The molecule has 1 aliphatic rings. The second-order valence-electron chi connectivity index (χ2n) is 3.46. The van der Waals surface area contributed by atoms with Crippen molar-refractivity contribution in [3.8, 4) is 0 Å². The van der Waals surface area contributed by atoms with Crippen molar-refractivity contribution in [1.29, 1.82) is 0 Å². The molecule has 0 aliphatic carbocycles. The fraction of sp³-hybridized carbons (Fsp3) is 1.00. The third-order valence-corrected chi connectivity index (χ3v) is 3.02. The third kappa shape index (κ3) is 3.22. The summed E-state index contributed by atoms with van der Waals surface area (Å²) in [5.41, 5.74) is 0. The quantitative estimate of drug-likeness (QED) is 0.713. The zero-order chi connectivity index (χ0) is 9.90. The summed E-state index contributed by atoms with van der Waals surface area (Å²) in [4.78, 5) is 4.93. The van der Waals surface area contributed by atoms with Crippen LogP contribution in [0.2, 0.25) is 0 Å². The topological polar surface area (TPSA) is 58.6 Å². The fourth-order valence-electron chi connectivity index (χ4n) is 0.958. The second-order valence-corrected chi connectivity index (χ2v) is 5.11. The summed E-state index contributed by atoms with van der Waals surface area (Å²) in [7, 11) is -3.39. The second kappa shape index (κ2) is 4.36. The lowest BCUT2D eigenvalue weighted by Crippen LogP contribution is -2.39. The molecular formula is C7H16N2O3S. The van der Waals surface area contributed by atoms with Crippen molar-refractivity contribution in [2.75, 3.05) is 19.7 Å². The Morgan fingerprint density at radius 3 is 2.69 bits per heavy atom. The molecule has 6 heteroatoms. The highest BCUT2D eigenvalue weighted by Crippen LogP contribution is 2.08. The molecule has 78 valence electrons. The first-order valence-electron chi connectivity index (χ1n) is 4.42. The molecule has 13 heavy (non-hydrogen) atoms. The zero-order valence-electron chi connectivity index (χ0n) is 7.99. The molecule has 1 heterocycles. The van der Waals surface area contributed by atoms with Crippen molar-refractivity contribution in [2.45, 2.75) is 20.3 Å². The molecule has 0 amide bonds. The van der Waals surface area contributed by atoms with Crippen LogP contribution in [0.5, 0.6) is 0 Å². The van der Waals surface area contributed by atoms with Crippen LogP contribution in [0.4, 0.5) is 0 Å². The van der Waals surface area contributed by atoms with Crippen LogP contribution < -0.4 is 4.72 Å². The van der Waals surface area contributed by atoms with Crippen LogP contribution in [0.15, 0.2) is 0 Å². The minimum absolute atomic E-state index is 0.303. The number of hydroxylamine groups is 1. The van der Waals surface area contributed by atoms with E-state index >= 15 is 0 Å². The smallest absolute Gasteiger partial charge is 0.283 e. The van der Waals surface area contributed by atoms with E-state index in [1.54, 1.807) is 0 Å². The number of rotatable bonds is 4. The van der Waals surface area contributed by atoms with E-state index in [1.165, 1.54) is 0 Å². The lowest BCUT2D eigenvalue weighted by Gasteiger charge is -2.15. The van der Waals surface area contributed by atoms with Crippen molar-refractivity contribution < 1.29 is 13.3 Å². The summed E-state index contributed by atoms with van der Waals surface area (Å²) in [6, 6.07) is 0. The summed E-state index contributed by atoms with van der Waals surface area (Å²) in [6.07, 6.45) is 0.766. The molecule has 0 atom stereocenters. The van der Waals surface area contributed by atoms with Gasteiger partial charge >= 0.3 is 10.2 Å². The van der Waals surface area contributed by atoms with E-state index in [1.807, 2.05) is 13.8 Å². The predicted molar refractivity (Wildman–Crippen MR) is 49.0 cm³/mol. The van der Waals surface area contributed by atoms with Crippen LogP contribution in [-0.2, 0) is 15.0 Å². The molecule has 1 rings (SSSR count). The Morgan fingerprint density at radius 2 is 2.23 bits per heavy atom.